The predicted molar refractivity (Wildman–Crippen MR) is 119 cm³/mol. The Morgan fingerprint density at radius 1 is 1.16 bits per heavy atom. The van der Waals surface area contributed by atoms with E-state index in [4.69, 9.17) is 0 Å². The third kappa shape index (κ3) is 2.16. The third-order valence-corrected chi connectivity index (χ3v) is 9.11. The van der Waals surface area contributed by atoms with Gasteiger partial charge in [0.15, 0.2) is 5.82 Å². The summed E-state index contributed by atoms with van der Waals surface area (Å²) in [4.78, 5) is 11.4. The standard InChI is InChI=1S/C25H26N6O/c1-22(2,32)24-9-18(10-24)30(14-24)20-8-21(28-15-27-20)31-19-7-17(4-3-16(19)11-29-31)25(13-26)12-23(25)5-6-23/h3-4,7-8,11,15,18,32H,5-6,9-10,12,14H2,1-2H3. The van der Waals surface area contributed by atoms with E-state index >= 15 is 0 Å². The molecule has 0 amide bonds. The molecule has 5 fully saturated rings. The lowest BCUT2D eigenvalue weighted by Crippen LogP contribution is -2.50. The van der Waals surface area contributed by atoms with Crippen molar-refractivity contribution in [2.45, 2.75) is 63.0 Å². The van der Waals surface area contributed by atoms with Gasteiger partial charge in [-0.15, -0.1) is 0 Å². The summed E-state index contributed by atoms with van der Waals surface area (Å²) in [5.41, 5.74) is 1.24. The number of rotatable bonds is 4. The second kappa shape index (κ2) is 5.49. The Kier molecular flexibility index (Phi) is 3.19. The number of anilines is 1. The smallest absolute Gasteiger partial charge is 0.159 e. The minimum absolute atomic E-state index is 0.0509. The van der Waals surface area contributed by atoms with Gasteiger partial charge in [0.1, 0.15) is 12.1 Å². The van der Waals surface area contributed by atoms with Gasteiger partial charge in [-0.3, -0.25) is 0 Å². The van der Waals surface area contributed by atoms with E-state index in [-0.39, 0.29) is 16.2 Å². The van der Waals surface area contributed by atoms with Gasteiger partial charge < -0.3 is 10.0 Å². The maximum atomic E-state index is 10.7. The number of nitrogens with zero attached hydrogens (tertiary/aromatic N) is 6. The number of benzene rings is 1. The van der Waals surface area contributed by atoms with Crippen LogP contribution in [0, 0.1) is 22.2 Å². The van der Waals surface area contributed by atoms with Crippen molar-refractivity contribution < 1.29 is 5.11 Å². The number of aliphatic hydroxyl groups is 1. The zero-order valence-corrected chi connectivity index (χ0v) is 18.4. The van der Waals surface area contributed by atoms with Gasteiger partial charge in [-0.25, -0.2) is 14.6 Å². The van der Waals surface area contributed by atoms with Crippen LogP contribution in [0.2, 0.25) is 0 Å². The number of aromatic nitrogens is 4. The topological polar surface area (TPSA) is 90.9 Å². The first-order valence-electron chi connectivity index (χ1n) is 11.5. The molecule has 1 spiro atoms. The molecule has 0 radical (unpaired) electrons. The fourth-order valence-electron chi connectivity index (χ4n) is 6.53. The van der Waals surface area contributed by atoms with Crippen molar-refractivity contribution in [3.8, 4) is 11.9 Å². The zero-order valence-electron chi connectivity index (χ0n) is 18.4. The van der Waals surface area contributed by atoms with Crippen molar-refractivity contribution in [3.05, 3.63) is 42.4 Å². The lowest BCUT2D eigenvalue weighted by molar-refractivity contribution is -0.0754. The molecule has 7 nitrogen and oxygen atoms in total. The van der Waals surface area contributed by atoms with Crippen molar-refractivity contribution in [3.63, 3.8) is 0 Å². The summed E-state index contributed by atoms with van der Waals surface area (Å²) in [5.74, 6) is 1.61. The van der Waals surface area contributed by atoms with Crippen LogP contribution in [0.25, 0.3) is 16.7 Å². The highest BCUT2D eigenvalue weighted by molar-refractivity contribution is 5.82. The van der Waals surface area contributed by atoms with Crippen molar-refractivity contribution in [1.82, 2.24) is 19.7 Å². The average Bonchev–Trinajstić information content (AvgIpc) is 3.44. The molecule has 4 heterocycles. The van der Waals surface area contributed by atoms with Crippen LogP contribution in [0.1, 0.15) is 51.5 Å². The first-order valence-corrected chi connectivity index (χ1v) is 11.5. The monoisotopic (exact) mass is 426 g/mol. The Hall–Kier alpha value is -2.98. The Balaban J connectivity index is 1.26. The molecule has 5 aliphatic rings. The number of hydrogen-bond acceptors (Lipinski definition) is 6. The molecule has 2 saturated heterocycles. The minimum atomic E-state index is -0.693. The van der Waals surface area contributed by atoms with Gasteiger partial charge in [0.25, 0.3) is 0 Å². The van der Waals surface area contributed by atoms with E-state index in [1.807, 2.05) is 30.8 Å². The van der Waals surface area contributed by atoms with Crippen LogP contribution < -0.4 is 4.90 Å². The third-order valence-electron chi connectivity index (χ3n) is 9.11. The highest BCUT2D eigenvalue weighted by Gasteiger charge is 2.75. The van der Waals surface area contributed by atoms with Gasteiger partial charge >= 0.3 is 0 Å². The Morgan fingerprint density at radius 2 is 1.94 bits per heavy atom. The van der Waals surface area contributed by atoms with E-state index in [1.165, 1.54) is 0 Å². The van der Waals surface area contributed by atoms with E-state index in [0.717, 1.165) is 66.8 Å². The van der Waals surface area contributed by atoms with Crippen LogP contribution >= 0.6 is 0 Å². The molecule has 2 aliphatic heterocycles. The van der Waals surface area contributed by atoms with Crippen LogP contribution in [-0.4, -0.2) is 43.0 Å². The maximum Gasteiger partial charge on any atom is 0.159 e. The summed E-state index contributed by atoms with van der Waals surface area (Å²) in [6, 6.07) is 11.4. The van der Waals surface area contributed by atoms with E-state index in [1.54, 1.807) is 6.33 Å². The lowest BCUT2D eigenvalue weighted by atomic mass is 9.61. The van der Waals surface area contributed by atoms with Gasteiger partial charge in [-0.1, -0.05) is 12.1 Å². The lowest BCUT2D eigenvalue weighted by Gasteiger charge is -2.45. The van der Waals surface area contributed by atoms with Gasteiger partial charge in [0.05, 0.1) is 28.8 Å². The molecule has 2 aromatic heterocycles. The second-order valence-corrected chi connectivity index (χ2v) is 11.1. The molecule has 1 aromatic carbocycles. The molecule has 3 aromatic rings. The molecule has 3 aliphatic carbocycles. The Morgan fingerprint density at radius 3 is 2.59 bits per heavy atom. The van der Waals surface area contributed by atoms with Crippen LogP contribution in [0.15, 0.2) is 36.8 Å². The molecule has 8 rings (SSSR count). The van der Waals surface area contributed by atoms with Crippen LogP contribution in [-0.2, 0) is 5.41 Å². The highest BCUT2D eigenvalue weighted by atomic mass is 16.3. The van der Waals surface area contributed by atoms with Crippen molar-refractivity contribution in [1.29, 1.82) is 5.26 Å². The quantitative estimate of drug-likeness (QED) is 0.687. The molecule has 3 saturated carbocycles. The SMILES string of the molecule is CC(C)(O)C12CC(C1)N(c1cc(-n3ncc4ccc(C5(C#N)CC56CC6)cc43)ncn1)C2. The minimum Gasteiger partial charge on any atom is -0.390 e. The molecule has 162 valence electrons. The first kappa shape index (κ1) is 18.6. The largest absolute Gasteiger partial charge is 0.390 e. The molecule has 32 heavy (non-hydrogen) atoms. The average molecular weight is 427 g/mol. The summed E-state index contributed by atoms with van der Waals surface area (Å²) >= 11 is 0. The van der Waals surface area contributed by atoms with Crippen LogP contribution in [0.3, 0.4) is 0 Å². The van der Waals surface area contributed by atoms with Gasteiger partial charge in [0.2, 0.25) is 0 Å². The van der Waals surface area contributed by atoms with E-state index in [2.05, 4.69) is 44.2 Å². The summed E-state index contributed by atoms with van der Waals surface area (Å²) in [6.07, 6.45) is 8.77. The van der Waals surface area contributed by atoms with Crippen molar-refractivity contribution >= 4 is 16.7 Å². The fourth-order valence-corrected chi connectivity index (χ4v) is 6.53. The summed E-state index contributed by atoms with van der Waals surface area (Å²) < 4.78 is 1.86. The molecule has 1 N–H and O–H groups in total. The van der Waals surface area contributed by atoms with E-state index in [0.29, 0.717) is 6.04 Å². The molecule has 7 heteroatoms. The highest BCUT2D eigenvalue weighted by Crippen LogP contribution is 2.78. The zero-order chi connectivity index (χ0) is 21.9. The van der Waals surface area contributed by atoms with Crippen molar-refractivity contribution in [2.24, 2.45) is 10.8 Å². The Bertz CT molecular complexity index is 1320. The van der Waals surface area contributed by atoms with Gasteiger partial charge in [-0.05, 0) is 63.0 Å². The summed E-state index contributed by atoms with van der Waals surface area (Å²) in [6.45, 7) is 4.66. The van der Waals surface area contributed by atoms with Crippen molar-refractivity contribution in [2.75, 3.05) is 11.4 Å². The molecular weight excluding hydrogens is 400 g/mol. The first-order chi connectivity index (χ1) is 15.3. The van der Waals surface area contributed by atoms with Gasteiger partial charge in [0, 0.05) is 29.5 Å². The van der Waals surface area contributed by atoms with Crippen LogP contribution in [0.4, 0.5) is 5.82 Å². The Labute approximate surface area is 186 Å². The van der Waals surface area contributed by atoms with E-state index in [9.17, 15) is 10.4 Å². The number of nitriles is 1. The molecule has 2 bridgehead atoms. The van der Waals surface area contributed by atoms with Gasteiger partial charge in [-0.2, -0.15) is 10.4 Å². The molecule has 1 atom stereocenters. The summed E-state index contributed by atoms with van der Waals surface area (Å²) in [5, 5.41) is 26.3. The van der Waals surface area contributed by atoms with Crippen LogP contribution in [0.5, 0.6) is 0 Å². The summed E-state index contributed by atoms with van der Waals surface area (Å²) in [7, 11) is 0. The molecule has 1 unspecified atom stereocenters. The van der Waals surface area contributed by atoms with E-state index < -0.39 is 5.60 Å². The maximum absolute atomic E-state index is 10.7. The predicted octanol–water partition coefficient (Wildman–Crippen LogP) is 3.50. The number of fused-ring (bicyclic) bond motifs is 2. The normalized spacial score (nSPS) is 31.6. The molecular formula is C25H26N6O. The fraction of sp³-hybridized carbons (Fsp3) is 0.520. The second-order valence-electron chi connectivity index (χ2n) is 11.1. The number of hydrogen-bond donors (Lipinski definition) is 1.